The summed E-state index contributed by atoms with van der Waals surface area (Å²) in [4.78, 5) is 24.5. The number of carbonyl (C=O) groups excluding carboxylic acids is 2. The van der Waals surface area contributed by atoms with Gasteiger partial charge in [0.25, 0.3) is 0 Å². The van der Waals surface area contributed by atoms with Crippen LogP contribution >= 0.6 is 0 Å². The zero-order valence-electron chi connectivity index (χ0n) is 16.5. The number of anilines is 1. The molecule has 0 radical (unpaired) electrons. The van der Waals surface area contributed by atoms with E-state index in [4.69, 9.17) is 0 Å². The molecule has 31 heavy (non-hydrogen) atoms. The van der Waals surface area contributed by atoms with Gasteiger partial charge in [-0.25, -0.2) is 4.68 Å². The maximum Gasteiger partial charge on any atom is 0.471 e. The van der Waals surface area contributed by atoms with Crippen molar-refractivity contribution in [2.45, 2.75) is 26.1 Å². The molecule has 0 spiro atoms. The first-order valence-electron chi connectivity index (χ1n) is 9.33. The van der Waals surface area contributed by atoms with Crippen LogP contribution in [0.4, 0.5) is 18.9 Å². The molecule has 1 heterocycles. The van der Waals surface area contributed by atoms with Crippen LogP contribution in [-0.2, 0) is 22.6 Å². The lowest BCUT2D eigenvalue weighted by Gasteiger charge is -2.22. The minimum Gasteiger partial charge on any atom is -0.331 e. The summed E-state index contributed by atoms with van der Waals surface area (Å²) in [7, 11) is 0. The minimum absolute atomic E-state index is 0.0877. The third kappa shape index (κ3) is 5.87. The van der Waals surface area contributed by atoms with Crippen LogP contribution in [0.25, 0.3) is 5.69 Å². The molecule has 0 aliphatic heterocycles. The average Bonchev–Trinajstić information content (AvgIpc) is 3.26. The Balaban J connectivity index is 1.61. The molecule has 11 heteroatoms. The Kier molecular flexibility index (Phi) is 6.63. The summed E-state index contributed by atoms with van der Waals surface area (Å²) in [5.41, 5.74) is 2.42. The highest BCUT2D eigenvalue weighted by Crippen LogP contribution is 2.21. The summed E-state index contributed by atoms with van der Waals surface area (Å²) in [6.45, 7) is 1.17. The summed E-state index contributed by atoms with van der Waals surface area (Å²) in [6, 6.07) is 13.5. The fourth-order valence-electron chi connectivity index (χ4n) is 2.91. The van der Waals surface area contributed by atoms with Crippen molar-refractivity contribution in [3.63, 3.8) is 0 Å². The Bertz CT molecular complexity index is 1040. The van der Waals surface area contributed by atoms with E-state index in [2.05, 4.69) is 20.8 Å². The van der Waals surface area contributed by atoms with Crippen molar-refractivity contribution >= 4 is 17.5 Å². The second-order valence-corrected chi connectivity index (χ2v) is 6.66. The van der Waals surface area contributed by atoms with E-state index in [-0.39, 0.29) is 25.4 Å². The van der Waals surface area contributed by atoms with Crippen LogP contribution < -0.4 is 5.32 Å². The first-order valence-corrected chi connectivity index (χ1v) is 9.33. The third-order valence-electron chi connectivity index (χ3n) is 4.41. The van der Waals surface area contributed by atoms with Gasteiger partial charge in [-0.2, -0.15) is 13.2 Å². The molecule has 3 rings (SSSR count). The number of nitrogens with one attached hydrogen (secondary N) is 1. The Morgan fingerprint density at radius 1 is 1.10 bits per heavy atom. The monoisotopic (exact) mass is 432 g/mol. The van der Waals surface area contributed by atoms with Gasteiger partial charge < -0.3 is 10.2 Å². The molecule has 0 atom stereocenters. The number of nitrogens with zero attached hydrogens (tertiary/aromatic N) is 5. The number of hydrogen-bond acceptors (Lipinski definition) is 5. The van der Waals surface area contributed by atoms with Gasteiger partial charge in [-0.3, -0.25) is 9.59 Å². The van der Waals surface area contributed by atoms with E-state index in [0.717, 1.165) is 11.3 Å². The molecule has 2 aromatic carbocycles. The number of halogens is 3. The SMILES string of the molecule is CCN(Cc1cccc(NC(=O)Cc2ccc(-n3cnnn3)cc2)c1)C(=O)C(F)(F)F. The van der Waals surface area contributed by atoms with Gasteiger partial charge in [0, 0.05) is 18.8 Å². The quantitative estimate of drug-likeness (QED) is 0.620. The summed E-state index contributed by atoms with van der Waals surface area (Å²) in [6.07, 6.45) is -3.37. The smallest absolute Gasteiger partial charge is 0.331 e. The molecule has 0 saturated carbocycles. The van der Waals surface area contributed by atoms with Crippen molar-refractivity contribution in [2.24, 2.45) is 0 Å². The predicted octanol–water partition coefficient (Wildman–Crippen LogP) is 2.75. The van der Waals surface area contributed by atoms with E-state index in [9.17, 15) is 22.8 Å². The van der Waals surface area contributed by atoms with E-state index in [1.165, 1.54) is 17.9 Å². The van der Waals surface area contributed by atoms with Crippen molar-refractivity contribution in [3.8, 4) is 5.69 Å². The first-order chi connectivity index (χ1) is 14.8. The second kappa shape index (κ2) is 9.37. The number of carbonyl (C=O) groups is 2. The van der Waals surface area contributed by atoms with Gasteiger partial charge in [0.2, 0.25) is 5.91 Å². The average molecular weight is 432 g/mol. The maximum atomic E-state index is 12.7. The van der Waals surface area contributed by atoms with Crippen molar-refractivity contribution in [3.05, 3.63) is 66.0 Å². The molecule has 2 amide bonds. The number of benzene rings is 2. The van der Waals surface area contributed by atoms with Crippen LogP contribution in [-0.4, -0.2) is 49.6 Å². The van der Waals surface area contributed by atoms with E-state index in [0.29, 0.717) is 16.2 Å². The Hall–Kier alpha value is -3.76. The number of tetrazole rings is 1. The molecule has 3 aromatic rings. The van der Waals surface area contributed by atoms with Crippen molar-refractivity contribution < 1.29 is 22.8 Å². The zero-order chi connectivity index (χ0) is 22.4. The van der Waals surface area contributed by atoms with Gasteiger partial charge in [-0.1, -0.05) is 24.3 Å². The summed E-state index contributed by atoms with van der Waals surface area (Å²) in [5, 5.41) is 13.6. The van der Waals surface area contributed by atoms with Gasteiger partial charge in [0.05, 0.1) is 12.1 Å². The van der Waals surface area contributed by atoms with Crippen LogP contribution in [0.3, 0.4) is 0 Å². The standard InChI is InChI=1S/C20H19F3N6O2/c1-2-28(19(31)20(21,22)23)12-15-4-3-5-16(10-15)25-18(30)11-14-6-8-17(9-7-14)29-13-24-26-27-29/h3-10,13H,2,11-12H2,1H3,(H,25,30). The van der Waals surface area contributed by atoms with E-state index in [1.54, 1.807) is 48.5 Å². The number of amides is 2. The topological polar surface area (TPSA) is 93.0 Å². The summed E-state index contributed by atoms with van der Waals surface area (Å²) < 4.78 is 39.6. The zero-order valence-corrected chi connectivity index (χ0v) is 16.5. The highest BCUT2D eigenvalue weighted by Gasteiger charge is 2.41. The van der Waals surface area contributed by atoms with Crippen molar-refractivity contribution in [1.29, 1.82) is 0 Å². The summed E-state index contributed by atoms with van der Waals surface area (Å²) >= 11 is 0. The predicted molar refractivity (Wildman–Crippen MR) is 105 cm³/mol. The van der Waals surface area contributed by atoms with Crippen molar-refractivity contribution in [1.82, 2.24) is 25.1 Å². The number of alkyl halides is 3. The van der Waals surface area contributed by atoms with Gasteiger partial charge in [0.1, 0.15) is 6.33 Å². The highest BCUT2D eigenvalue weighted by molar-refractivity contribution is 5.92. The molecule has 0 saturated heterocycles. The highest BCUT2D eigenvalue weighted by atomic mass is 19.4. The van der Waals surface area contributed by atoms with Crippen LogP contribution in [0.5, 0.6) is 0 Å². The van der Waals surface area contributed by atoms with Gasteiger partial charge in [-0.05, 0) is 52.7 Å². The lowest BCUT2D eigenvalue weighted by Crippen LogP contribution is -2.40. The number of rotatable bonds is 7. The van der Waals surface area contributed by atoms with Crippen LogP contribution in [0.15, 0.2) is 54.9 Å². The van der Waals surface area contributed by atoms with Crippen LogP contribution in [0.1, 0.15) is 18.1 Å². The third-order valence-corrected chi connectivity index (χ3v) is 4.41. The van der Waals surface area contributed by atoms with E-state index in [1.807, 2.05) is 0 Å². The first kappa shape index (κ1) is 21.9. The minimum atomic E-state index is -4.93. The molecular weight excluding hydrogens is 413 g/mol. The van der Waals surface area contributed by atoms with Crippen molar-refractivity contribution in [2.75, 3.05) is 11.9 Å². The molecule has 0 aliphatic carbocycles. The largest absolute Gasteiger partial charge is 0.471 e. The molecule has 8 nitrogen and oxygen atoms in total. The Morgan fingerprint density at radius 3 is 2.45 bits per heavy atom. The van der Waals surface area contributed by atoms with Gasteiger partial charge >= 0.3 is 12.1 Å². The molecular formula is C20H19F3N6O2. The van der Waals surface area contributed by atoms with Crippen LogP contribution in [0.2, 0.25) is 0 Å². The normalized spacial score (nSPS) is 11.2. The number of aromatic nitrogens is 4. The fraction of sp³-hybridized carbons (Fsp3) is 0.250. The molecule has 0 fully saturated rings. The summed E-state index contributed by atoms with van der Waals surface area (Å²) in [5.74, 6) is -2.18. The lowest BCUT2D eigenvalue weighted by molar-refractivity contribution is -0.185. The maximum absolute atomic E-state index is 12.7. The van der Waals surface area contributed by atoms with E-state index >= 15 is 0 Å². The second-order valence-electron chi connectivity index (χ2n) is 6.66. The number of hydrogen-bond donors (Lipinski definition) is 1. The molecule has 0 unspecified atom stereocenters. The molecule has 162 valence electrons. The molecule has 0 aliphatic rings. The van der Waals surface area contributed by atoms with Crippen LogP contribution in [0, 0.1) is 0 Å². The fourth-order valence-corrected chi connectivity index (χ4v) is 2.91. The van der Waals surface area contributed by atoms with Gasteiger partial charge in [-0.15, -0.1) is 5.10 Å². The molecule has 1 aromatic heterocycles. The van der Waals surface area contributed by atoms with Gasteiger partial charge in [0.15, 0.2) is 0 Å². The lowest BCUT2D eigenvalue weighted by atomic mass is 10.1. The molecule has 1 N–H and O–H groups in total. The van der Waals surface area contributed by atoms with E-state index < -0.39 is 12.1 Å². The Labute approximate surface area is 175 Å². The molecule has 0 bridgehead atoms. The Morgan fingerprint density at radius 2 is 1.84 bits per heavy atom.